The van der Waals surface area contributed by atoms with Crippen LogP contribution in [0.5, 0.6) is 0 Å². The Morgan fingerprint density at radius 3 is 2.52 bits per heavy atom. The standard InChI is InChI=1S/C20H19NO4/c1-12(2)21(3)16-7-5-4-6-14(16)19-11-17(22)15-10-13(20(23)24)8-9-18(15)25-19/h4-12H,1-3H3,(H,23,24). The molecule has 0 fully saturated rings. The van der Waals surface area contributed by atoms with Crippen LogP contribution in [0.4, 0.5) is 5.69 Å². The fraction of sp³-hybridized carbons (Fsp3) is 0.200. The zero-order chi connectivity index (χ0) is 18.1. The largest absolute Gasteiger partial charge is 0.478 e. The number of anilines is 1. The van der Waals surface area contributed by atoms with Gasteiger partial charge in [0.2, 0.25) is 0 Å². The summed E-state index contributed by atoms with van der Waals surface area (Å²) in [5, 5.41) is 9.34. The normalized spacial score (nSPS) is 11.0. The lowest BCUT2D eigenvalue weighted by Crippen LogP contribution is -2.26. The molecule has 2 aromatic carbocycles. The van der Waals surface area contributed by atoms with Gasteiger partial charge in [-0.25, -0.2) is 4.79 Å². The Labute approximate surface area is 145 Å². The van der Waals surface area contributed by atoms with Crippen molar-refractivity contribution in [1.29, 1.82) is 0 Å². The van der Waals surface area contributed by atoms with Gasteiger partial charge in [-0.05, 0) is 44.2 Å². The smallest absolute Gasteiger partial charge is 0.335 e. The first-order valence-corrected chi connectivity index (χ1v) is 8.02. The highest BCUT2D eigenvalue weighted by Gasteiger charge is 2.15. The van der Waals surface area contributed by atoms with E-state index >= 15 is 0 Å². The first-order valence-electron chi connectivity index (χ1n) is 8.02. The molecule has 0 spiro atoms. The zero-order valence-corrected chi connectivity index (χ0v) is 14.3. The molecule has 0 bridgehead atoms. The summed E-state index contributed by atoms with van der Waals surface area (Å²) in [7, 11) is 1.99. The molecule has 0 atom stereocenters. The molecule has 128 valence electrons. The highest BCUT2D eigenvalue weighted by atomic mass is 16.4. The molecular weight excluding hydrogens is 318 g/mol. The van der Waals surface area contributed by atoms with E-state index in [1.165, 1.54) is 24.3 Å². The molecule has 1 N–H and O–H groups in total. The number of carbonyl (C=O) groups is 1. The minimum Gasteiger partial charge on any atom is -0.478 e. The number of nitrogens with zero attached hydrogens (tertiary/aromatic N) is 1. The second-order valence-electron chi connectivity index (χ2n) is 6.21. The topological polar surface area (TPSA) is 70.8 Å². The van der Waals surface area contributed by atoms with E-state index in [0.717, 1.165) is 11.3 Å². The van der Waals surface area contributed by atoms with E-state index in [0.29, 0.717) is 11.3 Å². The van der Waals surface area contributed by atoms with Gasteiger partial charge in [0, 0.05) is 30.4 Å². The molecule has 0 amide bonds. The Kier molecular flexibility index (Phi) is 4.31. The minimum absolute atomic E-state index is 0.0625. The number of hydrogen-bond acceptors (Lipinski definition) is 4. The van der Waals surface area contributed by atoms with Crippen LogP contribution in [0.1, 0.15) is 24.2 Å². The van der Waals surface area contributed by atoms with E-state index in [-0.39, 0.29) is 22.4 Å². The fourth-order valence-electron chi connectivity index (χ4n) is 2.69. The second-order valence-corrected chi connectivity index (χ2v) is 6.21. The van der Waals surface area contributed by atoms with Gasteiger partial charge in [-0.3, -0.25) is 4.79 Å². The maximum absolute atomic E-state index is 12.5. The maximum Gasteiger partial charge on any atom is 0.335 e. The highest BCUT2D eigenvalue weighted by Crippen LogP contribution is 2.32. The molecule has 0 unspecified atom stereocenters. The molecule has 1 aromatic heterocycles. The van der Waals surface area contributed by atoms with Crippen LogP contribution in [0, 0.1) is 0 Å². The van der Waals surface area contributed by atoms with Crippen LogP contribution in [0.3, 0.4) is 0 Å². The van der Waals surface area contributed by atoms with E-state index in [2.05, 4.69) is 18.7 Å². The number of carboxylic acid groups (broad SMARTS) is 1. The van der Waals surface area contributed by atoms with Crippen molar-refractivity contribution in [2.24, 2.45) is 0 Å². The van der Waals surface area contributed by atoms with Crippen LogP contribution in [-0.4, -0.2) is 24.2 Å². The van der Waals surface area contributed by atoms with Crippen molar-refractivity contribution in [2.45, 2.75) is 19.9 Å². The minimum atomic E-state index is -1.07. The quantitative estimate of drug-likeness (QED) is 0.779. The number of fused-ring (bicyclic) bond motifs is 1. The van der Waals surface area contributed by atoms with Gasteiger partial charge in [-0.1, -0.05) is 12.1 Å². The third-order valence-electron chi connectivity index (χ3n) is 4.30. The lowest BCUT2D eigenvalue weighted by molar-refractivity contribution is 0.0697. The molecule has 3 rings (SSSR count). The number of rotatable bonds is 4. The van der Waals surface area contributed by atoms with E-state index in [1.54, 1.807) is 0 Å². The summed E-state index contributed by atoms with van der Waals surface area (Å²) >= 11 is 0. The van der Waals surface area contributed by atoms with Gasteiger partial charge in [0.1, 0.15) is 11.3 Å². The molecule has 5 nitrogen and oxygen atoms in total. The van der Waals surface area contributed by atoms with Gasteiger partial charge in [-0.2, -0.15) is 0 Å². The van der Waals surface area contributed by atoms with Crippen molar-refractivity contribution >= 4 is 22.6 Å². The molecule has 3 aromatic rings. The van der Waals surface area contributed by atoms with Crippen LogP contribution in [-0.2, 0) is 0 Å². The zero-order valence-electron chi connectivity index (χ0n) is 14.3. The van der Waals surface area contributed by atoms with Crippen LogP contribution >= 0.6 is 0 Å². The number of carboxylic acids is 1. The molecule has 1 heterocycles. The predicted molar refractivity (Wildman–Crippen MR) is 98.4 cm³/mol. The summed E-state index contributed by atoms with van der Waals surface area (Å²) < 4.78 is 5.91. The van der Waals surface area contributed by atoms with Crippen molar-refractivity contribution in [3.05, 3.63) is 64.3 Å². The third kappa shape index (κ3) is 3.13. The van der Waals surface area contributed by atoms with Gasteiger partial charge >= 0.3 is 5.97 Å². The lowest BCUT2D eigenvalue weighted by Gasteiger charge is -2.26. The van der Waals surface area contributed by atoms with Gasteiger partial charge in [0.25, 0.3) is 0 Å². The van der Waals surface area contributed by atoms with Crippen molar-refractivity contribution in [3.8, 4) is 11.3 Å². The monoisotopic (exact) mass is 337 g/mol. The number of aromatic carboxylic acids is 1. The predicted octanol–water partition coefficient (Wildman–Crippen LogP) is 4.00. The summed E-state index contributed by atoms with van der Waals surface area (Å²) in [4.78, 5) is 25.7. The van der Waals surface area contributed by atoms with Crippen LogP contribution in [0.2, 0.25) is 0 Å². The summed E-state index contributed by atoms with van der Waals surface area (Å²) in [6.45, 7) is 4.17. The first-order chi connectivity index (χ1) is 11.9. The maximum atomic E-state index is 12.5. The van der Waals surface area contributed by atoms with E-state index in [1.807, 2.05) is 31.3 Å². The van der Waals surface area contributed by atoms with Crippen LogP contribution in [0.25, 0.3) is 22.3 Å². The molecule has 5 heteroatoms. The van der Waals surface area contributed by atoms with Gasteiger partial charge in [-0.15, -0.1) is 0 Å². The first kappa shape index (κ1) is 16.8. The average Bonchev–Trinajstić information content (AvgIpc) is 2.60. The van der Waals surface area contributed by atoms with Crippen molar-refractivity contribution in [1.82, 2.24) is 0 Å². The highest BCUT2D eigenvalue weighted by molar-refractivity contribution is 5.93. The van der Waals surface area contributed by atoms with E-state index in [9.17, 15) is 9.59 Å². The molecule has 0 saturated heterocycles. The Morgan fingerprint density at radius 1 is 1.12 bits per heavy atom. The van der Waals surface area contributed by atoms with Gasteiger partial charge < -0.3 is 14.4 Å². The Bertz CT molecular complexity index is 1000. The number of hydrogen-bond donors (Lipinski definition) is 1. The van der Waals surface area contributed by atoms with E-state index in [4.69, 9.17) is 9.52 Å². The third-order valence-corrected chi connectivity index (χ3v) is 4.30. The number of para-hydroxylation sites is 1. The molecule has 0 aliphatic heterocycles. The van der Waals surface area contributed by atoms with Crippen LogP contribution in [0.15, 0.2) is 57.7 Å². The van der Waals surface area contributed by atoms with Gasteiger partial charge in [0.15, 0.2) is 5.43 Å². The number of benzene rings is 2. The summed E-state index contributed by atoms with van der Waals surface area (Å²) in [5.74, 6) is -0.613. The Hall–Kier alpha value is -3.08. The molecule has 0 saturated carbocycles. The molecule has 0 aliphatic rings. The molecule has 25 heavy (non-hydrogen) atoms. The van der Waals surface area contributed by atoms with Crippen molar-refractivity contribution < 1.29 is 14.3 Å². The SMILES string of the molecule is CC(C)N(C)c1ccccc1-c1cc(=O)c2cc(C(=O)O)ccc2o1. The van der Waals surface area contributed by atoms with Crippen molar-refractivity contribution in [2.75, 3.05) is 11.9 Å². The van der Waals surface area contributed by atoms with Crippen LogP contribution < -0.4 is 10.3 Å². The van der Waals surface area contributed by atoms with Gasteiger partial charge in [0.05, 0.1) is 10.9 Å². The van der Waals surface area contributed by atoms with E-state index < -0.39 is 5.97 Å². The van der Waals surface area contributed by atoms with Crippen molar-refractivity contribution in [3.63, 3.8) is 0 Å². The average molecular weight is 337 g/mol. The summed E-state index contributed by atoms with van der Waals surface area (Å²) in [6, 6.07) is 13.7. The summed E-state index contributed by atoms with van der Waals surface area (Å²) in [5.41, 5.74) is 1.95. The summed E-state index contributed by atoms with van der Waals surface area (Å²) in [6.07, 6.45) is 0. The molecule has 0 radical (unpaired) electrons. The molecule has 0 aliphatic carbocycles. The Balaban J connectivity index is 2.20. The Morgan fingerprint density at radius 2 is 1.84 bits per heavy atom. The second kappa shape index (κ2) is 6.43. The fourth-order valence-corrected chi connectivity index (χ4v) is 2.69. The lowest BCUT2D eigenvalue weighted by atomic mass is 10.1. The molecular formula is C20H19NO4.